The van der Waals surface area contributed by atoms with E-state index in [1.165, 1.54) is 4.90 Å². The van der Waals surface area contributed by atoms with Crippen LogP contribution in [0.25, 0.3) is 0 Å². The number of carbonyl (C=O) groups is 1. The maximum absolute atomic E-state index is 11.8. The second-order valence-electron chi connectivity index (χ2n) is 6.94. The summed E-state index contributed by atoms with van der Waals surface area (Å²) in [6.07, 6.45) is 0.885. The van der Waals surface area contributed by atoms with E-state index in [-0.39, 0.29) is 13.2 Å². The van der Waals surface area contributed by atoms with Crippen LogP contribution >= 0.6 is 0 Å². The Hall–Kier alpha value is -0.850. The van der Waals surface area contributed by atoms with Crippen molar-refractivity contribution in [2.24, 2.45) is 5.92 Å². The molecular weight excluding hydrogens is 272 g/mol. The largest absolute Gasteiger partial charge is 0.444 e. The van der Waals surface area contributed by atoms with E-state index in [9.17, 15) is 9.90 Å². The fraction of sp³-hybridized carbons (Fsp3) is 0.933. The van der Waals surface area contributed by atoms with Crippen molar-refractivity contribution in [3.05, 3.63) is 0 Å². The minimum Gasteiger partial charge on any atom is -0.444 e. The number of hydrogen-bond donors (Lipinski definition) is 2. The van der Waals surface area contributed by atoms with E-state index in [1.807, 2.05) is 20.8 Å². The first-order valence-electron chi connectivity index (χ1n) is 7.66. The molecule has 0 radical (unpaired) electrons. The van der Waals surface area contributed by atoms with Gasteiger partial charge in [-0.2, -0.15) is 0 Å². The average Bonchev–Trinajstić information content (AvgIpc) is 2.74. The second-order valence-corrected chi connectivity index (χ2v) is 6.94. The molecule has 0 unspecified atom stereocenters. The minimum atomic E-state index is -0.588. The smallest absolute Gasteiger partial charge is 0.410 e. The number of β-amino-alcohol motifs (C(OH)–C–C–N with tert-alkyl or cyclic N) is 1. The van der Waals surface area contributed by atoms with E-state index in [4.69, 9.17) is 9.84 Å². The van der Waals surface area contributed by atoms with Crippen LogP contribution in [0, 0.1) is 5.92 Å². The quantitative estimate of drug-likeness (QED) is 0.763. The first-order valence-corrected chi connectivity index (χ1v) is 7.66. The Kier molecular flexibility index (Phi) is 6.90. The van der Waals surface area contributed by atoms with Crippen molar-refractivity contribution in [1.29, 1.82) is 0 Å². The average molecular weight is 302 g/mol. The van der Waals surface area contributed by atoms with Crippen LogP contribution in [0.2, 0.25) is 0 Å². The van der Waals surface area contributed by atoms with Gasteiger partial charge in [0.1, 0.15) is 5.60 Å². The predicted octanol–water partition coefficient (Wildman–Crippen LogP) is 0.918. The summed E-state index contributed by atoms with van der Waals surface area (Å²) in [5.74, 6) is 0.519. The van der Waals surface area contributed by atoms with E-state index < -0.39 is 17.8 Å². The van der Waals surface area contributed by atoms with Gasteiger partial charge in [0.15, 0.2) is 0 Å². The molecule has 1 fully saturated rings. The number of aliphatic hydroxyl groups excluding tert-OH is 2. The number of amides is 1. The van der Waals surface area contributed by atoms with Gasteiger partial charge in [0.05, 0.1) is 12.6 Å². The van der Waals surface area contributed by atoms with Gasteiger partial charge in [0, 0.05) is 26.7 Å². The molecule has 1 saturated heterocycles. The van der Waals surface area contributed by atoms with Gasteiger partial charge >= 0.3 is 6.09 Å². The highest BCUT2D eigenvalue weighted by Gasteiger charge is 2.26. The molecule has 0 saturated carbocycles. The summed E-state index contributed by atoms with van der Waals surface area (Å²) in [6, 6.07) is 0. The van der Waals surface area contributed by atoms with Gasteiger partial charge in [-0.15, -0.1) is 0 Å². The summed E-state index contributed by atoms with van der Waals surface area (Å²) in [5, 5.41) is 19.0. The molecule has 1 aliphatic heterocycles. The van der Waals surface area contributed by atoms with Gasteiger partial charge in [-0.3, -0.25) is 0 Å². The number of likely N-dealkylation sites (tertiary alicyclic amines) is 1. The number of ether oxygens (including phenoxy) is 1. The maximum atomic E-state index is 11.8. The third-order valence-corrected chi connectivity index (χ3v) is 3.57. The molecule has 2 N–H and O–H groups in total. The Balaban J connectivity index is 2.30. The second kappa shape index (κ2) is 7.96. The van der Waals surface area contributed by atoms with E-state index in [0.717, 1.165) is 25.9 Å². The molecule has 1 heterocycles. The predicted molar refractivity (Wildman–Crippen MR) is 81.1 cm³/mol. The minimum absolute atomic E-state index is 0.225. The molecule has 21 heavy (non-hydrogen) atoms. The molecule has 1 aliphatic rings. The lowest BCUT2D eigenvalue weighted by Crippen LogP contribution is -2.42. The Morgan fingerprint density at radius 1 is 1.48 bits per heavy atom. The summed E-state index contributed by atoms with van der Waals surface area (Å²) in [5.41, 5.74) is -0.525. The van der Waals surface area contributed by atoms with Gasteiger partial charge in [-0.05, 0) is 46.1 Å². The number of aliphatic hydroxyl groups is 2. The normalized spacial score (nSPS) is 21.3. The third-order valence-electron chi connectivity index (χ3n) is 3.57. The van der Waals surface area contributed by atoms with E-state index in [0.29, 0.717) is 12.5 Å². The van der Waals surface area contributed by atoms with E-state index in [2.05, 4.69) is 4.90 Å². The molecular formula is C15H30N2O4. The van der Waals surface area contributed by atoms with Gasteiger partial charge in [-0.25, -0.2) is 4.79 Å². The van der Waals surface area contributed by atoms with E-state index in [1.54, 1.807) is 7.05 Å². The molecule has 0 aromatic carbocycles. The molecule has 124 valence electrons. The van der Waals surface area contributed by atoms with Crippen LogP contribution in [0.1, 0.15) is 33.6 Å². The molecule has 2 atom stereocenters. The zero-order chi connectivity index (χ0) is 16.0. The van der Waals surface area contributed by atoms with Gasteiger partial charge < -0.3 is 24.7 Å². The zero-order valence-corrected chi connectivity index (χ0v) is 13.7. The van der Waals surface area contributed by atoms with Crippen molar-refractivity contribution < 1.29 is 19.7 Å². The van der Waals surface area contributed by atoms with Crippen LogP contribution in [0.3, 0.4) is 0 Å². The highest BCUT2D eigenvalue weighted by Crippen LogP contribution is 2.19. The van der Waals surface area contributed by atoms with Crippen molar-refractivity contribution in [3.63, 3.8) is 0 Å². The SMILES string of the molecule is CN(C[C@H](O)CN1CC[C@H](CCO)C1)C(=O)OC(C)(C)C. The highest BCUT2D eigenvalue weighted by atomic mass is 16.6. The Morgan fingerprint density at radius 3 is 2.71 bits per heavy atom. The van der Waals surface area contributed by atoms with Crippen LogP contribution in [0.15, 0.2) is 0 Å². The first kappa shape index (κ1) is 18.2. The standard InChI is InChI=1S/C15H30N2O4/c1-15(2,3)21-14(20)16(4)10-13(19)11-17-7-5-12(9-17)6-8-18/h12-13,18-19H,5-11H2,1-4H3/t12-,13+/m1/s1. The van der Waals surface area contributed by atoms with Crippen LogP contribution in [-0.2, 0) is 4.74 Å². The number of hydrogen-bond acceptors (Lipinski definition) is 5. The van der Waals surface area contributed by atoms with Gasteiger partial charge in [0.2, 0.25) is 0 Å². The van der Waals surface area contributed by atoms with Crippen molar-refractivity contribution in [1.82, 2.24) is 9.80 Å². The Labute approximate surface area is 127 Å². The molecule has 0 spiro atoms. The molecule has 0 aromatic rings. The van der Waals surface area contributed by atoms with Crippen LogP contribution in [-0.4, -0.2) is 77.6 Å². The van der Waals surface area contributed by atoms with Gasteiger partial charge in [0.25, 0.3) is 0 Å². The summed E-state index contributed by atoms with van der Waals surface area (Å²) >= 11 is 0. The maximum Gasteiger partial charge on any atom is 0.410 e. The monoisotopic (exact) mass is 302 g/mol. The van der Waals surface area contributed by atoms with Crippen molar-refractivity contribution in [2.45, 2.75) is 45.3 Å². The summed E-state index contributed by atoms with van der Waals surface area (Å²) < 4.78 is 5.25. The molecule has 0 bridgehead atoms. The van der Waals surface area contributed by atoms with Crippen molar-refractivity contribution in [2.75, 3.05) is 39.8 Å². The van der Waals surface area contributed by atoms with E-state index >= 15 is 0 Å². The Bertz CT molecular complexity index is 330. The van der Waals surface area contributed by atoms with Crippen LogP contribution in [0.4, 0.5) is 4.79 Å². The summed E-state index contributed by atoms with van der Waals surface area (Å²) in [4.78, 5) is 15.4. The summed E-state index contributed by atoms with van der Waals surface area (Å²) in [7, 11) is 1.63. The lowest BCUT2D eigenvalue weighted by molar-refractivity contribution is 0.0173. The first-order chi connectivity index (χ1) is 9.71. The fourth-order valence-electron chi connectivity index (χ4n) is 2.58. The number of carbonyl (C=O) groups excluding carboxylic acids is 1. The summed E-state index contributed by atoms with van der Waals surface area (Å²) in [6.45, 7) is 8.35. The molecule has 0 aliphatic carbocycles. The lowest BCUT2D eigenvalue weighted by Gasteiger charge is -2.27. The van der Waals surface area contributed by atoms with Crippen LogP contribution < -0.4 is 0 Å². The number of likely N-dealkylation sites (N-methyl/N-ethyl adjacent to an activating group) is 1. The number of rotatable bonds is 6. The van der Waals surface area contributed by atoms with Crippen molar-refractivity contribution in [3.8, 4) is 0 Å². The van der Waals surface area contributed by atoms with Crippen LogP contribution in [0.5, 0.6) is 0 Å². The molecule has 1 amide bonds. The Morgan fingerprint density at radius 2 is 2.14 bits per heavy atom. The number of nitrogens with zero attached hydrogens (tertiary/aromatic N) is 2. The topological polar surface area (TPSA) is 73.2 Å². The highest BCUT2D eigenvalue weighted by molar-refractivity contribution is 5.67. The molecule has 6 nitrogen and oxygen atoms in total. The van der Waals surface area contributed by atoms with Crippen molar-refractivity contribution >= 4 is 6.09 Å². The molecule has 0 aromatic heterocycles. The molecule has 6 heteroatoms. The zero-order valence-electron chi connectivity index (χ0n) is 13.7. The third kappa shape index (κ3) is 7.11. The van der Waals surface area contributed by atoms with Gasteiger partial charge in [-0.1, -0.05) is 0 Å². The fourth-order valence-corrected chi connectivity index (χ4v) is 2.58. The lowest BCUT2D eigenvalue weighted by atomic mass is 10.1. The molecule has 1 rings (SSSR count).